The van der Waals surface area contributed by atoms with Crippen LogP contribution in [0.1, 0.15) is 59.8 Å². The van der Waals surface area contributed by atoms with Gasteiger partial charge in [-0.3, -0.25) is 0 Å². The molecule has 0 spiro atoms. The molecule has 0 aromatic carbocycles. The Kier molecular flexibility index (Phi) is 8.97. The molecule has 0 aliphatic carbocycles. The molecule has 2 nitrogen and oxygen atoms in total. The fourth-order valence-corrected chi connectivity index (χ4v) is 1.78. The highest BCUT2D eigenvalue weighted by atomic mass is 16.4. The first kappa shape index (κ1) is 15.2. The Morgan fingerprint density at radius 3 is 2.44 bits per heavy atom. The topological polar surface area (TPSA) is 32.6 Å². The molecule has 0 bridgehead atoms. The van der Waals surface area contributed by atoms with Crippen molar-refractivity contribution in [2.75, 3.05) is 0 Å². The summed E-state index contributed by atoms with van der Waals surface area (Å²) in [6.45, 7) is 8.72. The molecule has 0 aromatic rings. The summed E-state index contributed by atoms with van der Waals surface area (Å²) in [5.41, 5.74) is 1.42. The van der Waals surface area contributed by atoms with Gasteiger partial charge in [-0.05, 0) is 44.9 Å². The van der Waals surface area contributed by atoms with Crippen LogP contribution in [0.25, 0.3) is 0 Å². The lowest BCUT2D eigenvalue weighted by Gasteiger charge is -2.11. The Morgan fingerprint density at radius 2 is 1.88 bits per heavy atom. The fraction of sp³-hybridized carbons (Fsp3) is 0.786. The second-order valence-electron chi connectivity index (χ2n) is 5.14. The zero-order chi connectivity index (χ0) is 12.4. The number of oxime groups is 1. The number of allylic oxidation sites excluding steroid dienone is 2. The van der Waals surface area contributed by atoms with Crippen molar-refractivity contribution >= 4 is 6.21 Å². The minimum absolute atomic E-state index is 0.398. The van der Waals surface area contributed by atoms with Crippen molar-refractivity contribution in [1.29, 1.82) is 0 Å². The van der Waals surface area contributed by atoms with Crippen molar-refractivity contribution in [2.24, 2.45) is 17.0 Å². The van der Waals surface area contributed by atoms with E-state index in [0.717, 1.165) is 12.3 Å². The molecule has 0 saturated heterocycles. The van der Waals surface area contributed by atoms with Gasteiger partial charge in [0.15, 0.2) is 0 Å². The standard InChI is InChI=1S/C14H27NO/c1-12(2)7-5-8-13(3)9-6-10-14(4)11-15-16/h7,11,13-14,16H,5-6,8-10H2,1-4H3/b15-11-. The van der Waals surface area contributed by atoms with E-state index >= 15 is 0 Å². The summed E-state index contributed by atoms with van der Waals surface area (Å²) in [7, 11) is 0. The normalized spacial score (nSPS) is 15.0. The SMILES string of the molecule is CC(C)=CCCC(C)CCCC(C)/C=N\O. The number of hydrogen-bond donors (Lipinski definition) is 1. The average molecular weight is 225 g/mol. The highest BCUT2D eigenvalue weighted by Crippen LogP contribution is 2.16. The van der Waals surface area contributed by atoms with Crippen LogP contribution < -0.4 is 0 Å². The third kappa shape index (κ3) is 9.75. The summed E-state index contributed by atoms with van der Waals surface area (Å²) < 4.78 is 0. The van der Waals surface area contributed by atoms with Crippen LogP contribution in [0.5, 0.6) is 0 Å². The number of nitrogens with zero attached hydrogens (tertiary/aromatic N) is 1. The molecule has 2 heteroatoms. The molecular weight excluding hydrogens is 198 g/mol. The van der Waals surface area contributed by atoms with Gasteiger partial charge < -0.3 is 5.21 Å². The van der Waals surface area contributed by atoms with E-state index in [1.165, 1.54) is 31.3 Å². The Labute approximate surface area is 100 Å². The summed E-state index contributed by atoms with van der Waals surface area (Å²) in [5, 5.41) is 11.4. The quantitative estimate of drug-likeness (QED) is 0.278. The summed E-state index contributed by atoms with van der Waals surface area (Å²) >= 11 is 0. The van der Waals surface area contributed by atoms with Crippen LogP contribution in [0.2, 0.25) is 0 Å². The van der Waals surface area contributed by atoms with Crippen molar-refractivity contribution in [3.8, 4) is 0 Å². The molecule has 0 saturated carbocycles. The maximum absolute atomic E-state index is 8.38. The van der Waals surface area contributed by atoms with Crippen molar-refractivity contribution < 1.29 is 5.21 Å². The lowest BCUT2D eigenvalue weighted by molar-refractivity contribution is 0.317. The molecule has 0 aromatic heterocycles. The van der Waals surface area contributed by atoms with Crippen LogP contribution in [-0.4, -0.2) is 11.4 Å². The van der Waals surface area contributed by atoms with E-state index in [2.05, 4.69) is 38.9 Å². The van der Waals surface area contributed by atoms with Gasteiger partial charge in [-0.25, -0.2) is 0 Å². The second kappa shape index (κ2) is 9.44. The van der Waals surface area contributed by atoms with E-state index in [9.17, 15) is 0 Å². The summed E-state index contributed by atoms with van der Waals surface area (Å²) in [4.78, 5) is 0. The van der Waals surface area contributed by atoms with Gasteiger partial charge in [-0.2, -0.15) is 0 Å². The van der Waals surface area contributed by atoms with Crippen LogP contribution in [0.3, 0.4) is 0 Å². The minimum atomic E-state index is 0.398. The van der Waals surface area contributed by atoms with Gasteiger partial charge in [-0.1, -0.05) is 38.3 Å². The van der Waals surface area contributed by atoms with E-state index in [-0.39, 0.29) is 0 Å². The van der Waals surface area contributed by atoms with Gasteiger partial charge >= 0.3 is 0 Å². The van der Waals surface area contributed by atoms with Gasteiger partial charge in [-0.15, -0.1) is 5.16 Å². The summed E-state index contributed by atoms with van der Waals surface area (Å²) in [6.07, 6.45) is 10.1. The Bertz CT molecular complexity index is 217. The number of rotatable bonds is 8. The zero-order valence-electron chi connectivity index (χ0n) is 11.2. The van der Waals surface area contributed by atoms with Crippen LogP contribution in [0.15, 0.2) is 16.8 Å². The molecule has 0 aliphatic heterocycles. The van der Waals surface area contributed by atoms with Crippen molar-refractivity contribution in [1.82, 2.24) is 0 Å². The molecule has 2 unspecified atom stereocenters. The minimum Gasteiger partial charge on any atom is -0.411 e. The summed E-state index contributed by atoms with van der Waals surface area (Å²) in [6, 6.07) is 0. The van der Waals surface area contributed by atoms with Gasteiger partial charge in [0, 0.05) is 6.21 Å². The molecule has 0 fully saturated rings. The van der Waals surface area contributed by atoms with Gasteiger partial charge in [0.2, 0.25) is 0 Å². The third-order valence-corrected chi connectivity index (χ3v) is 2.89. The van der Waals surface area contributed by atoms with Gasteiger partial charge in [0.25, 0.3) is 0 Å². The van der Waals surface area contributed by atoms with E-state index < -0.39 is 0 Å². The monoisotopic (exact) mass is 225 g/mol. The van der Waals surface area contributed by atoms with Gasteiger partial charge in [0.05, 0.1) is 0 Å². The third-order valence-electron chi connectivity index (χ3n) is 2.89. The van der Waals surface area contributed by atoms with E-state index in [4.69, 9.17) is 5.21 Å². The Balaban J connectivity index is 3.50. The zero-order valence-corrected chi connectivity index (χ0v) is 11.2. The van der Waals surface area contributed by atoms with Gasteiger partial charge in [0.1, 0.15) is 0 Å². The molecule has 0 aliphatic rings. The first-order chi connectivity index (χ1) is 7.56. The largest absolute Gasteiger partial charge is 0.411 e. The highest BCUT2D eigenvalue weighted by Gasteiger charge is 2.03. The average Bonchev–Trinajstić information content (AvgIpc) is 2.17. The molecule has 0 radical (unpaired) electrons. The molecule has 94 valence electrons. The predicted molar refractivity (Wildman–Crippen MR) is 71.1 cm³/mol. The van der Waals surface area contributed by atoms with E-state index in [1.54, 1.807) is 6.21 Å². The highest BCUT2D eigenvalue weighted by molar-refractivity contribution is 5.58. The molecule has 16 heavy (non-hydrogen) atoms. The fourth-order valence-electron chi connectivity index (χ4n) is 1.78. The first-order valence-corrected chi connectivity index (χ1v) is 6.37. The molecule has 0 rings (SSSR count). The van der Waals surface area contributed by atoms with Crippen molar-refractivity contribution in [3.05, 3.63) is 11.6 Å². The molecular formula is C14H27NO. The Hall–Kier alpha value is -0.790. The molecule has 2 atom stereocenters. The van der Waals surface area contributed by atoms with Crippen LogP contribution in [0.4, 0.5) is 0 Å². The van der Waals surface area contributed by atoms with Crippen LogP contribution >= 0.6 is 0 Å². The van der Waals surface area contributed by atoms with Crippen LogP contribution in [0, 0.1) is 11.8 Å². The van der Waals surface area contributed by atoms with Crippen molar-refractivity contribution in [3.63, 3.8) is 0 Å². The first-order valence-electron chi connectivity index (χ1n) is 6.37. The van der Waals surface area contributed by atoms with E-state index in [0.29, 0.717) is 5.92 Å². The second-order valence-corrected chi connectivity index (χ2v) is 5.14. The predicted octanol–water partition coefficient (Wildman–Crippen LogP) is 4.64. The van der Waals surface area contributed by atoms with Crippen molar-refractivity contribution in [2.45, 2.75) is 59.8 Å². The Morgan fingerprint density at radius 1 is 1.19 bits per heavy atom. The van der Waals surface area contributed by atoms with E-state index in [1.807, 2.05) is 0 Å². The maximum atomic E-state index is 8.38. The lowest BCUT2D eigenvalue weighted by atomic mass is 9.95. The molecule has 0 amide bonds. The lowest BCUT2D eigenvalue weighted by Crippen LogP contribution is -1.99. The molecule has 1 N–H and O–H groups in total. The molecule has 0 heterocycles. The number of hydrogen-bond acceptors (Lipinski definition) is 2. The van der Waals surface area contributed by atoms with Crippen LogP contribution in [-0.2, 0) is 0 Å². The smallest absolute Gasteiger partial charge is 0.0464 e. The maximum Gasteiger partial charge on any atom is 0.0464 e. The summed E-state index contributed by atoms with van der Waals surface area (Å²) in [5.74, 6) is 1.20.